The summed E-state index contributed by atoms with van der Waals surface area (Å²) >= 11 is 1.52. The van der Waals surface area contributed by atoms with Crippen molar-refractivity contribution in [1.29, 1.82) is 0 Å². The van der Waals surface area contributed by atoms with Crippen LogP contribution in [0.1, 0.15) is 10.4 Å². The van der Waals surface area contributed by atoms with Gasteiger partial charge in [0.2, 0.25) is 0 Å². The fraction of sp³-hybridized carbons (Fsp3) is 0. The number of nitrogens with zero attached hydrogens (tertiary/aromatic N) is 1. The normalized spacial score (nSPS) is 10.0. The van der Waals surface area contributed by atoms with Gasteiger partial charge in [0, 0.05) is 0 Å². The molecule has 12 heavy (non-hydrogen) atoms. The van der Waals surface area contributed by atoms with Crippen LogP contribution in [-0.4, -0.2) is 11.4 Å². The van der Waals surface area contributed by atoms with Gasteiger partial charge >= 0.3 is 0 Å². The number of thiophene rings is 1. The van der Waals surface area contributed by atoms with Gasteiger partial charge < -0.3 is 4.52 Å². The van der Waals surface area contributed by atoms with Gasteiger partial charge in [0.05, 0.1) is 16.6 Å². The molecular weight excluding hydrogens is 174 g/mol. The predicted molar refractivity (Wildman–Crippen MR) is 45.2 cm³/mol. The van der Waals surface area contributed by atoms with E-state index in [1.165, 1.54) is 17.5 Å². The van der Waals surface area contributed by atoms with Crippen LogP contribution in [0.25, 0.3) is 10.6 Å². The van der Waals surface area contributed by atoms with Crippen molar-refractivity contribution in [3.63, 3.8) is 0 Å². The van der Waals surface area contributed by atoms with Gasteiger partial charge in [0.1, 0.15) is 0 Å². The molecule has 0 unspecified atom stereocenters. The highest BCUT2D eigenvalue weighted by atomic mass is 32.1. The number of aldehydes is 1. The van der Waals surface area contributed by atoms with E-state index in [0.717, 1.165) is 11.2 Å². The number of aromatic nitrogens is 1. The highest BCUT2D eigenvalue weighted by Gasteiger charge is 2.09. The van der Waals surface area contributed by atoms with Crippen LogP contribution in [-0.2, 0) is 0 Å². The summed E-state index contributed by atoms with van der Waals surface area (Å²) in [4.78, 5) is 11.4. The molecule has 0 bridgehead atoms. The predicted octanol–water partition coefficient (Wildman–Crippen LogP) is 2.22. The van der Waals surface area contributed by atoms with Gasteiger partial charge in [-0.2, -0.15) is 0 Å². The number of carbonyl (C=O) groups is 1. The van der Waals surface area contributed by atoms with E-state index in [4.69, 9.17) is 4.52 Å². The molecular formula is C8H5NO2S. The molecule has 4 heteroatoms. The van der Waals surface area contributed by atoms with Crippen LogP contribution in [0.15, 0.2) is 28.2 Å². The quantitative estimate of drug-likeness (QED) is 0.664. The van der Waals surface area contributed by atoms with Crippen molar-refractivity contribution in [2.24, 2.45) is 0 Å². The Balaban J connectivity index is 2.53. The summed E-state index contributed by atoms with van der Waals surface area (Å²) in [6.07, 6.45) is 2.16. The lowest BCUT2D eigenvalue weighted by Gasteiger charge is -1.87. The molecule has 0 fully saturated rings. The average molecular weight is 179 g/mol. The van der Waals surface area contributed by atoms with Crippen LogP contribution in [0.3, 0.4) is 0 Å². The molecule has 2 heterocycles. The Bertz CT molecular complexity index is 377. The first-order valence-corrected chi connectivity index (χ1v) is 4.23. The second-order valence-corrected chi connectivity index (χ2v) is 3.15. The maximum atomic E-state index is 10.5. The molecule has 2 rings (SSSR count). The Morgan fingerprint density at radius 3 is 3.17 bits per heavy atom. The number of hydrogen-bond acceptors (Lipinski definition) is 4. The first kappa shape index (κ1) is 7.24. The highest BCUT2D eigenvalue weighted by Crippen LogP contribution is 2.26. The minimum atomic E-state index is 0.498. The first-order chi connectivity index (χ1) is 5.92. The molecule has 0 radical (unpaired) electrons. The topological polar surface area (TPSA) is 43.1 Å². The lowest BCUT2D eigenvalue weighted by molar-refractivity contribution is 0.112. The van der Waals surface area contributed by atoms with Gasteiger partial charge in [-0.3, -0.25) is 4.79 Å². The molecule has 0 amide bonds. The van der Waals surface area contributed by atoms with Crippen molar-refractivity contribution in [2.75, 3.05) is 0 Å². The largest absolute Gasteiger partial charge is 0.355 e. The van der Waals surface area contributed by atoms with E-state index in [9.17, 15) is 4.79 Å². The van der Waals surface area contributed by atoms with Gasteiger partial charge in [-0.1, -0.05) is 11.2 Å². The van der Waals surface area contributed by atoms with E-state index >= 15 is 0 Å². The third-order valence-electron chi connectivity index (χ3n) is 1.47. The highest BCUT2D eigenvalue weighted by molar-refractivity contribution is 7.13. The molecule has 0 N–H and O–H groups in total. The second kappa shape index (κ2) is 2.91. The maximum Gasteiger partial charge on any atom is 0.187 e. The van der Waals surface area contributed by atoms with Crippen LogP contribution < -0.4 is 0 Å². The fourth-order valence-electron chi connectivity index (χ4n) is 0.926. The molecule has 0 aliphatic carbocycles. The Morgan fingerprint density at radius 2 is 2.50 bits per heavy atom. The molecule has 3 nitrogen and oxygen atoms in total. The second-order valence-electron chi connectivity index (χ2n) is 2.21. The van der Waals surface area contributed by atoms with Crippen molar-refractivity contribution in [3.8, 4) is 10.6 Å². The van der Waals surface area contributed by atoms with Gasteiger partial charge in [-0.15, -0.1) is 11.3 Å². The van der Waals surface area contributed by atoms with Crippen molar-refractivity contribution in [3.05, 3.63) is 29.3 Å². The molecule has 0 saturated heterocycles. The molecule has 2 aromatic heterocycles. The third-order valence-corrected chi connectivity index (χ3v) is 2.34. The van der Waals surface area contributed by atoms with Crippen LogP contribution in [0.4, 0.5) is 0 Å². The summed E-state index contributed by atoms with van der Waals surface area (Å²) in [5, 5.41) is 5.47. The van der Waals surface area contributed by atoms with E-state index in [1.54, 1.807) is 0 Å². The summed E-state index contributed by atoms with van der Waals surface area (Å²) in [5.74, 6) is 0.556. The molecule has 0 aromatic carbocycles. The van der Waals surface area contributed by atoms with Crippen molar-refractivity contribution < 1.29 is 9.32 Å². The summed E-state index contributed by atoms with van der Waals surface area (Å²) in [5.41, 5.74) is 0.498. The lowest BCUT2D eigenvalue weighted by atomic mass is 10.2. The van der Waals surface area contributed by atoms with Crippen LogP contribution in [0.5, 0.6) is 0 Å². The zero-order valence-electron chi connectivity index (χ0n) is 6.06. The Hall–Kier alpha value is -1.42. The summed E-state index contributed by atoms with van der Waals surface area (Å²) in [6, 6.07) is 3.79. The molecule has 0 aliphatic heterocycles. The Morgan fingerprint density at radius 1 is 1.58 bits per heavy atom. The maximum absolute atomic E-state index is 10.5. The zero-order valence-corrected chi connectivity index (χ0v) is 6.88. The molecule has 0 spiro atoms. The van der Waals surface area contributed by atoms with Gasteiger partial charge in [-0.05, 0) is 11.4 Å². The first-order valence-electron chi connectivity index (χ1n) is 3.35. The van der Waals surface area contributed by atoms with E-state index in [2.05, 4.69) is 5.16 Å². The standard InChI is InChI=1S/C8H5NO2S/c10-5-6-4-9-11-8(6)7-2-1-3-12-7/h1-5H. The number of carbonyl (C=O) groups excluding carboxylic acids is 1. The number of hydrogen-bond donors (Lipinski definition) is 0. The molecule has 60 valence electrons. The van der Waals surface area contributed by atoms with E-state index in [1.807, 2.05) is 17.5 Å². The molecule has 2 aromatic rings. The van der Waals surface area contributed by atoms with Gasteiger partial charge in [0.25, 0.3) is 0 Å². The monoisotopic (exact) mass is 179 g/mol. The fourth-order valence-corrected chi connectivity index (χ4v) is 1.65. The summed E-state index contributed by atoms with van der Waals surface area (Å²) < 4.78 is 4.93. The minimum absolute atomic E-state index is 0.498. The summed E-state index contributed by atoms with van der Waals surface area (Å²) in [7, 11) is 0. The number of rotatable bonds is 2. The van der Waals surface area contributed by atoms with Crippen molar-refractivity contribution >= 4 is 17.6 Å². The van der Waals surface area contributed by atoms with E-state index < -0.39 is 0 Å². The zero-order chi connectivity index (χ0) is 8.39. The van der Waals surface area contributed by atoms with E-state index in [-0.39, 0.29) is 0 Å². The lowest BCUT2D eigenvalue weighted by Crippen LogP contribution is -1.76. The Kier molecular flexibility index (Phi) is 1.75. The van der Waals surface area contributed by atoms with E-state index in [0.29, 0.717) is 11.3 Å². The third kappa shape index (κ3) is 1.06. The molecule has 0 aliphatic rings. The van der Waals surface area contributed by atoms with Crippen molar-refractivity contribution in [2.45, 2.75) is 0 Å². The average Bonchev–Trinajstić information content (AvgIpc) is 2.74. The Labute approximate surface area is 72.6 Å². The van der Waals surface area contributed by atoms with Crippen LogP contribution in [0, 0.1) is 0 Å². The van der Waals surface area contributed by atoms with Gasteiger partial charge in [0.15, 0.2) is 12.0 Å². The molecule has 0 atom stereocenters. The van der Waals surface area contributed by atoms with Crippen LogP contribution >= 0.6 is 11.3 Å². The SMILES string of the molecule is O=Cc1cnoc1-c1cccs1. The van der Waals surface area contributed by atoms with Crippen molar-refractivity contribution in [1.82, 2.24) is 5.16 Å². The smallest absolute Gasteiger partial charge is 0.187 e. The molecule has 0 saturated carbocycles. The van der Waals surface area contributed by atoms with Gasteiger partial charge in [-0.25, -0.2) is 0 Å². The van der Waals surface area contributed by atoms with Crippen LogP contribution in [0.2, 0.25) is 0 Å². The summed E-state index contributed by atoms with van der Waals surface area (Å²) in [6.45, 7) is 0. The minimum Gasteiger partial charge on any atom is -0.355 e.